The van der Waals surface area contributed by atoms with Gasteiger partial charge in [0.25, 0.3) is 0 Å². The summed E-state index contributed by atoms with van der Waals surface area (Å²) in [6.07, 6.45) is 0. The molecule has 0 aliphatic carbocycles. The van der Waals surface area contributed by atoms with E-state index in [0.717, 1.165) is 19.6 Å². The fraction of sp³-hybridized carbons (Fsp3) is 0.875. The lowest BCUT2D eigenvalue weighted by atomic mass is 10.4. The highest BCUT2D eigenvalue weighted by molar-refractivity contribution is 5.77. The van der Waals surface area contributed by atoms with E-state index in [1.807, 2.05) is 19.0 Å². The summed E-state index contributed by atoms with van der Waals surface area (Å²) in [5.74, 6) is 0.114. The number of hydrogen-bond acceptors (Lipinski definition) is 3. The number of morpholine rings is 1. The number of rotatable bonds is 3. The Morgan fingerprint density at radius 3 is 2.92 bits per heavy atom. The average molecular weight is 172 g/mol. The van der Waals surface area contributed by atoms with Crippen molar-refractivity contribution in [3.05, 3.63) is 0 Å². The van der Waals surface area contributed by atoms with Gasteiger partial charge in [-0.25, -0.2) is 0 Å². The van der Waals surface area contributed by atoms with E-state index >= 15 is 0 Å². The van der Waals surface area contributed by atoms with Crippen LogP contribution in [0.1, 0.15) is 0 Å². The summed E-state index contributed by atoms with van der Waals surface area (Å²) in [6, 6.07) is 0. The molecule has 0 aromatic rings. The standard InChI is InChI=1S/C8H16N2O2/c1-9(2)3-4-10-5-6-12-7-8(10)11/h3-7H2,1-2H3. The minimum atomic E-state index is 0.114. The van der Waals surface area contributed by atoms with Gasteiger partial charge in [-0.3, -0.25) is 4.79 Å². The molecule has 12 heavy (non-hydrogen) atoms. The zero-order chi connectivity index (χ0) is 8.97. The summed E-state index contributed by atoms with van der Waals surface area (Å²) in [6.45, 7) is 3.42. The van der Waals surface area contributed by atoms with Gasteiger partial charge in [-0.05, 0) is 14.1 Å². The van der Waals surface area contributed by atoms with Gasteiger partial charge in [0.2, 0.25) is 5.91 Å². The molecule has 0 saturated carbocycles. The lowest BCUT2D eigenvalue weighted by molar-refractivity contribution is -0.142. The van der Waals surface area contributed by atoms with Crippen molar-refractivity contribution in [1.29, 1.82) is 0 Å². The van der Waals surface area contributed by atoms with E-state index < -0.39 is 0 Å². The van der Waals surface area contributed by atoms with Gasteiger partial charge in [0.1, 0.15) is 6.61 Å². The van der Waals surface area contributed by atoms with Gasteiger partial charge in [0, 0.05) is 19.6 Å². The van der Waals surface area contributed by atoms with Crippen molar-refractivity contribution in [3.63, 3.8) is 0 Å². The molecule has 1 saturated heterocycles. The zero-order valence-electron chi connectivity index (χ0n) is 7.75. The molecule has 1 aliphatic heterocycles. The fourth-order valence-corrected chi connectivity index (χ4v) is 1.11. The molecule has 0 unspecified atom stereocenters. The van der Waals surface area contributed by atoms with Crippen LogP contribution in [-0.2, 0) is 9.53 Å². The predicted octanol–water partition coefficient (Wildman–Crippen LogP) is -0.593. The highest BCUT2D eigenvalue weighted by Crippen LogP contribution is 1.97. The predicted molar refractivity (Wildman–Crippen MR) is 46.0 cm³/mol. The first-order valence-electron chi connectivity index (χ1n) is 4.20. The van der Waals surface area contributed by atoms with Crippen LogP contribution in [-0.4, -0.2) is 62.7 Å². The number of ether oxygens (including phenoxy) is 1. The van der Waals surface area contributed by atoms with E-state index in [9.17, 15) is 4.79 Å². The maximum atomic E-state index is 11.2. The van der Waals surface area contributed by atoms with Crippen molar-refractivity contribution < 1.29 is 9.53 Å². The van der Waals surface area contributed by atoms with Crippen molar-refractivity contribution in [2.24, 2.45) is 0 Å². The van der Waals surface area contributed by atoms with Gasteiger partial charge in [-0.2, -0.15) is 0 Å². The highest BCUT2D eigenvalue weighted by Gasteiger charge is 2.17. The summed E-state index contributed by atoms with van der Waals surface area (Å²) < 4.78 is 5.01. The molecule has 0 bridgehead atoms. The van der Waals surface area contributed by atoms with E-state index in [2.05, 4.69) is 4.90 Å². The summed E-state index contributed by atoms with van der Waals surface area (Å²) in [5.41, 5.74) is 0. The topological polar surface area (TPSA) is 32.8 Å². The highest BCUT2D eigenvalue weighted by atomic mass is 16.5. The second-order valence-electron chi connectivity index (χ2n) is 3.24. The molecule has 0 atom stereocenters. The van der Waals surface area contributed by atoms with E-state index in [1.54, 1.807) is 0 Å². The maximum Gasteiger partial charge on any atom is 0.248 e. The molecule has 1 rings (SSSR count). The molecule has 1 fully saturated rings. The number of likely N-dealkylation sites (N-methyl/N-ethyl adjacent to an activating group) is 1. The van der Waals surface area contributed by atoms with Gasteiger partial charge in [-0.1, -0.05) is 0 Å². The molecule has 0 aromatic carbocycles. The van der Waals surface area contributed by atoms with Crippen molar-refractivity contribution in [1.82, 2.24) is 9.80 Å². The van der Waals surface area contributed by atoms with Crippen LogP contribution in [0.4, 0.5) is 0 Å². The fourth-order valence-electron chi connectivity index (χ4n) is 1.11. The SMILES string of the molecule is CN(C)CCN1CCOCC1=O. The van der Waals surface area contributed by atoms with E-state index in [1.165, 1.54) is 0 Å². The minimum Gasteiger partial charge on any atom is -0.370 e. The van der Waals surface area contributed by atoms with E-state index in [0.29, 0.717) is 6.61 Å². The maximum absolute atomic E-state index is 11.2. The van der Waals surface area contributed by atoms with Crippen LogP contribution in [0.3, 0.4) is 0 Å². The monoisotopic (exact) mass is 172 g/mol. The number of amides is 1. The first-order chi connectivity index (χ1) is 5.70. The quantitative estimate of drug-likeness (QED) is 0.570. The van der Waals surface area contributed by atoms with Crippen molar-refractivity contribution >= 4 is 5.91 Å². The molecule has 0 N–H and O–H groups in total. The Hall–Kier alpha value is -0.610. The summed E-state index contributed by atoms with van der Waals surface area (Å²) in [5, 5.41) is 0. The van der Waals surface area contributed by atoms with Crippen molar-refractivity contribution in [2.45, 2.75) is 0 Å². The van der Waals surface area contributed by atoms with Crippen LogP contribution in [0.2, 0.25) is 0 Å². The van der Waals surface area contributed by atoms with Crippen LogP contribution >= 0.6 is 0 Å². The van der Waals surface area contributed by atoms with Gasteiger partial charge < -0.3 is 14.5 Å². The first-order valence-corrected chi connectivity index (χ1v) is 4.20. The van der Waals surface area contributed by atoms with Gasteiger partial charge in [-0.15, -0.1) is 0 Å². The lowest BCUT2D eigenvalue weighted by Crippen LogP contribution is -2.44. The largest absolute Gasteiger partial charge is 0.370 e. The Kier molecular flexibility index (Phi) is 3.49. The van der Waals surface area contributed by atoms with Gasteiger partial charge >= 0.3 is 0 Å². The number of nitrogens with zero attached hydrogens (tertiary/aromatic N) is 2. The smallest absolute Gasteiger partial charge is 0.248 e. The molecule has 70 valence electrons. The summed E-state index contributed by atoms with van der Waals surface area (Å²) in [7, 11) is 4.01. The summed E-state index contributed by atoms with van der Waals surface area (Å²) >= 11 is 0. The van der Waals surface area contributed by atoms with Crippen LogP contribution in [0.25, 0.3) is 0 Å². The molecule has 1 aliphatic rings. The second-order valence-corrected chi connectivity index (χ2v) is 3.24. The van der Waals surface area contributed by atoms with Crippen LogP contribution < -0.4 is 0 Å². The first kappa shape index (κ1) is 9.48. The molecular weight excluding hydrogens is 156 g/mol. The number of carbonyl (C=O) groups excluding carboxylic acids is 1. The van der Waals surface area contributed by atoms with Crippen LogP contribution in [0.15, 0.2) is 0 Å². The molecule has 1 heterocycles. The van der Waals surface area contributed by atoms with E-state index in [4.69, 9.17) is 4.74 Å². The molecule has 1 amide bonds. The minimum absolute atomic E-state index is 0.114. The zero-order valence-corrected chi connectivity index (χ0v) is 7.75. The number of carbonyl (C=O) groups is 1. The van der Waals surface area contributed by atoms with Crippen molar-refractivity contribution in [3.8, 4) is 0 Å². The molecule has 0 spiro atoms. The Balaban J connectivity index is 2.25. The van der Waals surface area contributed by atoms with Crippen LogP contribution in [0, 0.1) is 0 Å². The average Bonchev–Trinajstić information content (AvgIpc) is 2.03. The van der Waals surface area contributed by atoms with Crippen molar-refractivity contribution in [2.75, 3.05) is 46.9 Å². The Bertz CT molecular complexity index is 159. The Labute approximate surface area is 73.1 Å². The summed E-state index contributed by atoms with van der Waals surface area (Å²) in [4.78, 5) is 15.1. The van der Waals surface area contributed by atoms with Gasteiger partial charge in [0.15, 0.2) is 0 Å². The lowest BCUT2D eigenvalue weighted by Gasteiger charge is -2.27. The molecule has 0 aromatic heterocycles. The third-order valence-electron chi connectivity index (χ3n) is 1.90. The Morgan fingerprint density at radius 2 is 2.33 bits per heavy atom. The number of hydrogen-bond donors (Lipinski definition) is 0. The van der Waals surface area contributed by atoms with Crippen LogP contribution in [0.5, 0.6) is 0 Å². The Morgan fingerprint density at radius 1 is 1.58 bits per heavy atom. The molecule has 0 radical (unpaired) electrons. The molecule has 4 heteroatoms. The second kappa shape index (κ2) is 4.42. The van der Waals surface area contributed by atoms with Gasteiger partial charge in [0.05, 0.1) is 6.61 Å². The molecule has 4 nitrogen and oxygen atoms in total. The van der Waals surface area contributed by atoms with E-state index in [-0.39, 0.29) is 12.5 Å². The normalized spacial score (nSPS) is 18.9. The third kappa shape index (κ3) is 2.79. The third-order valence-corrected chi connectivity index (χ3v) is 1.90. The molecular formula is C8H16N2O2.